The quantitative estimate of drug-likeness (QED) is 0.702. The Morgan fingerprint density at radius 1 is 1.39 bits per heavy atom. The second kappa shape index (κ2) is 4.40. The number of hydrogen-bond donors (Lipinski definition) is 3. The van der Waals surface area contributed by atoms with Crippen molar-refractivity contribution < 1.29 is 9.53 Å². The van der Waals surface area contributed by atoms with Crippen LogP contribution in [-0.2, 0) is 6.42 Å². The van der Waals surface area contributed by atoms with Gasteiger partial charge in [-0.15, -0.1) is 0 Å². The van der Waals surface area contributed by atoms with Gasteiger partial charge in [-0.1, -0.05) is 6.07 Å². The lowest BCUT2D eigenvalue weighted by atomic mass is 9.98. The molecule has 3 N–H and O–H groups in total. The molecule has 1 aromatic rings. The predicted molar refractivity (Wildman–Crippen MR) is 70.8 cm³/mol. The summed E-state index contributed by atoms with van der Waals surface area (Å²) < 4.78 is 5.94. The third kappa shape index (κ3) is 2.34. The fourth-order valence-corrected chi connectivity index (χ4v) is 2.09. The van der Waals surface area contributed by atoms with Crippen LogP contribution < -0.4 is 20.9 Å². The van der Waals surface area contributed by atoms with Crippen molar-refractivity contribution in [2.24, 2.45) is 0 Å². The summed E-state index contributed by atoms with van der Waals surface area (Å²) >= 11 is 0. The molecule has 2 rings (SSSR count). The molecule has 0 saturated heterocycles. The number of hydrogen-bond acceptors (Lipinski definition) is 3. The minimum atomic E-state index is -0.290. The van der Waals surface area contributed by atoms with Gasteiger partial charge in [0.1, 0.15) is 11.4 Å². The lowest BCUT2D eigenvalue weighted by Crippen LogP contribution is -2.37. The number of amides is 2. The normalized spacial score (nSPS) is 15.6. The molecule has 5 nitrogen and oxygen atoms in total. The van der Waals surface area contributed by atoms with Crippen molar-refractivity contribution in [3.8, 4) is 5.75 Å². The smallest absolute Gasteiger partial charge is 0.333 e. The fourth-order valence-electron chi connectivity index (χ4n) is 2.09. The maximum absolute atomic E-state index is 11.2. The molecule has 1 aliphatic rings. The van der Waals surface area contributed by atoms with E-state index in [4.69, 9.17) is 4.74 Å². The number of hydrazine groups is 1. The minimum absolute atomic E-state index is 0.197. The Morgan fingerprint density at radius 2 is 2.11 bits per heavy atom. The van der Waals surface area contributed by atoms with Crippen LogP contribution in [0.2, 0.25) is 0 Å². The SMILES string of the molecule is CNC(=O)NNc1ccc(C)c2c1OC(C)(C)C2. The topological polar surface area (TPSA) is 62.4 Å². The number of rotatable bonds is 2. The Balaban J connectivity index is 2.24. The van der Waals surface area contributed by atoms with E-state index in [2.05, 4.69) is 36.9 Å². The molecule has 98 valence electrons. The van der Waals surface area contributed by atoms with Crippen molar-refractivity contribution in [2.75, 3.05) is 12.5 Å². The maximum Gasteiger partial charge on any atom is 0.333 e. The largest absolute Gasteiger partial charge is 0.485 e. The first kappa shape index (κ1) is 12.5. The molecule has 1 aliphatic heterocycles. The second-order valence-corrected chi connectivity index (χ2v) is 5.11. The van der Waals surface area contributed by atoms with Crippen LogP contribution in [0, 0.1) is 6.92 Å². The van der Waals surface area contributed by atoms with Crippen molar-refractivity contribution in [1.29, 1.82) is 0 Å². The van der Waals surface area contributed by atoms with E-state index in [1.165, 1.54) is 11.1 Å². The molecule has 0 fully saturated rings. The first-order valence-corrected chi connectivity index (χ1v) is 5.98. The first-order chi connectivity index (χ1) is 8.43. The van der Waals surface area contributed by atoms with Crippen LogP contribution in [0.5, 0.6) is 5.75 Å². The summed E-state index contributed by atoms with van der Waals surface area (Å²) in [6.07, 6.45) is 0.879. The Bertz CT molecular complexity index is 483. The summed E-state index contributed by atoms with van der Waals surface area (Å²) in [6, 6.07) is 3.64. The van der Waals surface area contributed by atoms with Gasteiger partial charge in [-0.3, -0.25) is 10.9 Å². The van der Waals surface area contributed by atoms with Crippen molar-refractivity contribution in [1.82, 2.24) is 10.7 Å². The van der Waals surface area contributed by atoms with Gasteiger partial charge in [0.05, 0.1) is 5.69 Å². The van der Waals surface area contributed by atoms with Crippen molar-refractivity contribution in [3.05, 3.63) is 23.3 Å². The summed E-state index contributed by atoms with van der Waals surface area (Å²) in [7, 11) is 1.57. The summed E-state index contributed by atoms with van der Waals surface area (Å²) in [5.41, 5.74) is 8.41. The van der Waals surface area contributed by atoms with Crippen LogP contribution in [0.15, 0.2) is 12.1 Å². The standard InChI is InChI=1S/C13H19N3O2/c1-8-5-6-10(15-16-12(17)14-4)11-9(8)7-13(2,3)18-11/h5-6,15H,7H2,1-4H3,(H2,14,16,17). The van der Waals surface area contributed by atoms with E-state index in [9.17, 15) is 4.79 Å². The van der Waals surface area contributed by atoms with Gasteiger partial charge < -0.3 is 10.1 Å². The monoisotopic (exact) mass is 249 g/mol. The summed E-state index contributed by atoms with van der Waals surface area (Å²) in [6.45, 7) is 6.18. The van der Waals surface area contributed by atoms with Gasteiger partial charge >= 0.3 is 6.03 Å². The molecule has 2 amide bonds. The van der Waals surface area contributed by atoms with Crippen molar-refractivity contribution >= 4 is 11.7 Å². The Morgan fingerprint density at radius 3 is 2.78 bits per heavy atom. The Kier molecular flexibility index (Phi) is 3.07. The van der Waals surface area contributed by atoms with Gasteiger partial charge in [-0.05, 0) is 32.4 Å². The van der Waals surface area contributed by atoms with Gasteiger partial charge in [0.25, 0.3) is 0 Å². The zero-order chi connectivity index (χ0) is 13.3. The predicted octanol–water partition coefficient (Wildman–Crippen LogP) is 1.96. The van der Waals surface area contributed by atoms with Crippen LogP contribution in [0.3, 0.4) is 0 Å². The van der Waals surface area contributed by atoms with Crippen molar-refractivity contribution in [2.45, 2.75) is 32.8 Å². The third-order valence-corrected chi connectivity index (χ3v) is 3.01. The molecule has 0 aromatic heterocycles. The number of carbonyl (C=O) groups excluding carboxylic acids is 1. The van der Waals surface area contributed by atoms with Gasteiger partial charge in [0, 0.05) is 19.0 Å². The van der Waals surface area contributed by atoms with E-state index >= 15 is 0 Å². The second-order valence-electron chi connectivity index (χ2n) is 5.11. The average Bonchev–Trinajstić information content (AvgIpc) is 2.64. The number of carbonyl (C=O) groups is 1. The van der Waals surface area contributed by atoms with E-state index < -0.39 is 0 Å². The lowest BCUT2D eigenvalue weighted by Gasteiger charge is -2.18. The Labute approximate surface area is 107 Å². The van der Waals surface area contributed by atoms with Crippen LogP contribution in [0.1, 0.15) is 25.0 Å². The molecule has 1 heterocycles. The summed E-state index contributed by atoms with van der Waals surface area (Å²) in [5.74, 6) is 0.830. The molecule has 0 spiro atoms. The maximum atomic E-state index is 11.2. The van der Waals surface area contributed by atoms with Gasteiger partial charge in [-0.2, -0.15) is 0 Å². The number of aryl methyl sites for hydroxylation is 1. The highest BCUT2D eigenvalue weighted by Crippen LogP contribution is 2.41. The molecule has 0 saturated carbocycles. The third-order valence-electron chi connectivity index (χ3n) is 3.01. The molecular formula is C13H19N3O2. The van der Waals surface area contributed by atoms with E-state index in [0.717, 1.165) is 17.9 Å². The zero-order valence-electron chi connectivity index (χ0n) is 11.2. The minimum Gasteiger partial charge on any atom is -0.485 e. The number of fused-ring (bicyclic) bond motifs is 1. The molecule has 18 heavy (non-hydrogen) atoms. The van der Waals surface area contributed by atoms with E-state index in [1.807, 2.05) is 12.1 Å². The van der Waals surface area contributed by atoms with Gasteiger partial charge in [0.2, 0.25) is 0 Å². The molecule has 5 heteroatoms. The highest BCUT2D eigenvalue weighted by atomic mass is 16.5. The zero-order valence-corrected chi connectivity index (χ0v) is 11.2. The lowest BCUT2D eigenvalue weighted by molar-refractivity contribution is 0.139. The molecule has 1 aromatic carbocycles. The molecule has 0 atom stereocenters. The first-order valence-electron chi connectivity index (χ1n) is 5.98. The van der Waals surface area contributed by atoms with Crippen LogP contribution in [0.25, 0.3) is 0 Å². The van der Waals surface area contributed by atoms with Crippen LogP contribution in [-0.4, -0.2) is 18.7 Å². The molecule has 0 aliphatic carbocycles. The summed E-state index contributed by atoms with van der Waals surface area (Å²) in [5, 5.41) is 2.48. The van der Waals surface area contributed by atoms with E-state index in [1.54, 1.807) is 7.05 Å². The number of urea groups is 1. The molecule has 0 radical (unpaired) electrons. The molecule has 0 unspecified atom stereocenters. The van der Waals surface area contributed by atoms with E-state index in [-0.39, 0.29) is 11.6 Å². The number of ether oxygens (including phenoxy) is 1. The number of anilines is 1. The summed E-state index contributed by atoms with van der Waals surface area (Å²) in [4.78, 5) is 11.2. The van der Waals surface area contributed by atoms with Crippen LogP contribution >= 0.6 is 0 Å². The van der Waals surface area contributed by atoms with E-state index in [0.29, 0.717) is 0 Å². The highest BCUT2D eigenvalue weighted by molar-refractivity contribution is 5.76. The average molecular weight is 249 g/mol. The number of nitrogens with one attached hydrogen (secondary N) is 3. The molecule has 0 bridgehead atoms. The number of benzene rings is 1. The van der Waals surface area contributed by atoms with Crippen molar-refractivity contribution in [3.63, 3.8) is 0 Å². The van der Waals surface area contributed by atoms with Gasteiger partial charge in [0.15, 0.2) is 0 Å². The molecular weight excluding hydrogens is 230 g/mol. The van der Waals surface area contributed by atoms with Crippen LogP contribution in [0.4, 0.5) is 10.5 Å². The highest BCUT2D eigenvalue weighted by Gasteiger charge is 2.33. The fraction of sp³-hybridized carbons (Fsp3) is 0.462. The Hall–Kier alpha value is -1.91. The van der Waals surface area contributed by atoms with Gasteiger partial charge in [-0.25, -0.2) is 4.79 Å².